The number of aryl methyl sites for hydroxylation is 1. The first-order chi connectivity index (χ1) is 14.3. The fourth-order valence-electron chi connectivity index (χ4n) is 2.74. The summed E-state index contributed by atoms with van der Waals surface area (Å²) in [5.41, 5.74) is 1.17. The van der Waals surface area contributed by atoms with Crippen molar-refractivity contribution in [2.45, 2.75) is 33.0 Å². The Morgan fingerprint density at radius 3 is 2.30 bits per heavy atom. The number of nitro benzene ring substituents is 1. The summed E-state index contributed by atoms with van der Waals surface area (Å²) in [6.45, 7) is 4.72. The molecular formula is C21H23NO8. The van der Waals surface area contributed by atoms with Gasteiger partial charge in [0, 0.05) is 19.1 Å². The van der Waals surface area contributed by atoms with Gasteiger partial charge in [-0.25, -0.2) is 4.79 Å². The number of rotatable bonds is 9. The van der Waals surface area contributed by atoms with Gasteiger partial charge in [-0.05, 0) is 49.2 Å². The van der Waals surface area contributed by atoms with Gasteiger partial charge in [0.2, 0.25) is 6.10 Å². The van der Waals surface area contributed by atoms with E-state index in [-0.39, 0.29) is 12.3 Å². The topological polar surface area (TPSA) is 114 Å². The van der Waals surface area contributed by atoms with Crippen molar-refractivity contribution in [2.75, 3.05) is 13.7 Å². The maximum atomic E-state index is 12.5. The first kappa shape index (κ1) is 22.7. The molecule has 2 rings (SSSR count). The second-order valence-electron chi connectivity index (χ2n) is 6.32. The fourth-order valence-corrected chi connectivity index (χ4v) is 2.74. The second-order valence-corrected chi connectivity index (χ2v) is 6.32. The summed E-state index contributed by atoms with van der Waals surface area (Å²) in [7, 11) is 1.47. The zero-order valence-electron chi connectivity index (χ0n) is 17.1. The van der Waals surface area contributed by atoms with E-state index in [1.54, 1.807) is 25.1 Å². The smallest absolute Gasteiger partial charge is 0.351 e. The Morgan fingerprint density at radius 2 is 1.77 bits per heavy atom. The first-order valence-electron chi connectivity index (χ1n) is 9.16. The molecule has 2 aromatic carbocycles. The van der Waals surface area contributed by atoms with Gasteiger partial charge in [-0.3, -0.25) is 14.9 Å². The van der Waals surface area contributed by atoms with Crippen molar-refractivity contribution in [3.63, 3.8) is 0 Å². The van der Waals surface area contributed by atoms with Crippen LogP contribution in [0.2, 0.25) is 0 Å². The lowest BCUT2D eigenvalue weighted by molar-refractivity contribution is -0.384. The molecule has 30 heavy (non-hydrogen) atoms. The monoisotopic (exact) mass is 417 g/mol. The molecule has 0 aliphatic carbocycles. The van der Waals surface area contributed by atoms with Crippen LogP contribution in [0.3, 0.4) is 0 Å². The molecule has 2 aromatic rings. The first-order valence-corrected chi connectivity index (χ1v) is 9.16. The van der Waals surface area contributed by atoms with Crippen LogP contribution >= 0.6 is 0 Å². The van der Waals surface area contributed by atoms with E-state index in [4.69, 9.17) is 18.9 Å². The number of methoxy groups -OCH3 is 1. The van der Waals surface area contributed by atoms with Crippen LogP contribution in [0.15, 0.2) is 42.5 Å². The van der Waals surface area contributed by atoms with Gasteiger partial charge in [-0.1, -0.05) is 6.07 Å². The fraction of sp³-hybridized carbons (Fsp3) is 0.333. The Balaban J connectivity index is 2.53. The predicted molar refractivity (Wildman–Crippen MR) is 106 cm³/mol. The summed E-state index contributed by atoms with van der Waals surface area (Å²) in [5.74, 6) is -0.804. The number of carbonyl (C=O) groups excluding carboxylic acids is 2. The highest BCUT2D eigenvalue weighted by Crippen LogP contribution is 2.35. The van der Waals surface area contributed by atoms with Crippen LogP contribution in [0.5, 0.6) is 11.5 Å². The number of hydrogen-bond acceptors (Lipinski definition) is 8. The van der Waals surface area contributed by atoms with Crippen molar-refractivity contribution in [3.8, 4) is 11.5 Å². The molecule has 0 N–H and O–H groups in total. The Labute approximate surface area is 173 Å². The number of non-ortho nitro benzene ring substituents is 1. The number of carbonyl (C=O) groups is 2. The third kappa shape index (κ3) is 5.69. The Morgan fingerprint density at radius 1 is 1.10 bits per heavy atom. The molecule has 0 aromatic heterocycles. The van der Waals surface area contributed by atoms with Gasteiger partial charge < -0.3 is 18.9 Å². The van der Waals surface area contributed by atoms with Crippen molar-refractivity contribution >= 4 is 17.6 Å². The molecule has 2 atom stereocenters. The highest BCUT2D eigenvalue weighted by atomic mass is 16.6. The lowest BCUT2D eigenvalue weighted by Crippen LogP contribution is -2.37. The minimum Gasteiger partial charge on any atom is -0.493 e. The van der Waals surface area contributed by atoms with Crippen LogP contribution in [0.25, 0.3) is 0 Å². The number of hydrogen-bond donors (Lipinski definition) is 0. The zero-order chi connectivity index (χ0) is 22.3. The third-order valence-electron chi connectivity index (χ3n) is 4.09. The maximum absolute atomic E-state index is 12.5. The summed E-state index contributed by atoms with van der Waals surface area (Å²) in [6, 6.07) is 10.6. The largest absolute Gasteiger partial charge is 0.493 e. The van der Waals surface area contributed by atoms with Crippen LogP contribution in [0.1, 0.15) is 31.1 Å². The van der Waals surface area contributed by atoms with E-state index in [0.717, 1.165) is 12.5 Å². The maximum Gasteiger partial charge on any atom is 0.351 e. The Kier molecular flexibility index (Phi) is 7.74. The summed E-state index contributed by atoms with van der Waals surface area (Å²) < 4.78 is 21.6. The molecule has 9 heteroatoms. The van der Waals surface area contributed by atoms with Gasteiger partial charge in [0.1, 0.15) is 0 Å². The number of esters is 2. The zero-order valence-corrected chi connectivity index (χ0v) is 17.1. The van der Waals surface area contributed by atoms with Crippen LogP contribution in [-0.4, -0.2) is 36.7 Å². The van der Waals surface area contributed by atoms with E-state index in [1.807, 2.05) is 6.92 Å². The highest BCUT2D eigenvalue weighted by Gasteiger charge is 2.36. The van der Waals surface area contributed by atoms with Crippen molar-refractivity contribution in [1.29, 1.82) is 0 Å². The molecule has 0 amide bonds. The quantitative estimate of drug-likeness (QED) is 0.346. The summed E-state index contributed by atoms with van der Waals surface area (Å²) in [5, 5.41) is 11.0. The molecule has 0 heterocycles. The second kappa shape index (κ2) is 10.2. The van der Waals surface area contributed by atoms with Gasteiger partial charge >= 0.3 is 11.9 Å². The Hall–Kier alpha value is -3.62. The highest BCUT2D eigenvalue weighted by molar-refractivity contribution is 5.79. The van der Waals surface area contributed by atoms with Crippen molar-refractivity contribution in [2.24, 2.45) is 0 Å². The van der Waals surface area contributed by atoms with E-state index in [0.29, 0.717) is 17.1 Å². The molecule has 0 spiro atoms. The molecule has 0 unspecified atom stereocenters. The summed E-state index contributed by atoms with van der Waals surface area (Å²) in [4.78, 5) is 34.6. The van der Waals surface area contributed by atoms with Crippen LogP contribution < -0.4 is 9.47 Å². The molecule has 0 aliphatic rings. The summed E-state index contributed by atoms with van der Waals surface area (Å²) in [6.07, 6.45) is -2.57. The van der Waals surface area contributed by atoms with Gasteiger partial charge in [0.15, 0.2) is 17.6 Å². The van der Waals surface area contributed by atoms with Crippen molar-refractivity contribution in [1.82, 2.24) is 0 Å². The average Bonchev–Trinajstić information content (AvgIpc) is 2.71. The molecule has 0 bridgehead atoms. The normalized spacial score (nSPS) is 12.4. The van der Waals surface area contributed by atoms with E-state index < -0.39 is 29.1 Å². The van der Waals surface area contributed by atoms with E-state index in [1.165, 1.54) is 31.4 Å². The van der Waals surface area contributed by atoms with Gasteiger partial charge in [-0.15, -0.1) is 0 Å². The van der Waals surface area contributed by atoms with E-state index >= 15 is 0 Å². The molecule has 0 radical (unpaired) electrons. The van der Waals surface area contributed by atoms with Crippen LogP contribution in [0.4, 0.5) is 5.69 Å². The molecule has 0 aliphatic heterocycles. The van der Waals surface area contributed by atoms with Crippen LogP contribution in [0, 0.1) is 17.0 Å². The van der Waals surface area contributed by atoms with E-state index in [9.17, 15) is 19.7 Å². The molecule has 0 fully saturated rings. The minimum atomic E-state index is -1.44. The van der Waals surface area contributed by atoms with E-state index in [2.05, 4.69) is 0 Å². The molecule has 160 valence electrons. The molecule has 0 saturated carbocycles. The third-order valence-corrected chi connectivity index (χ3v) is 4.09. The van der Waals surface area contributed by atoms with Crippen molar-refractivity contribution < 1.29 is 33.5 Å². The average molecular weight is 417 g/mol. The molecule has 0 saturated heterocycles. The summed E-state index contributed by atoms with van der Waals surface area (Å²) >= 11 is 0. The standard InChI is InChI=1S/C21H23NO8/c1-5-28-21(24)20(29-14(3)23)19(15-7-9-16(10-8-15)22(25)26)30-17-11-6-13(2)12-18(17)27-4/h6-12,19-20H,5H2,1-4H3/t19-,20+/m0/s1. The van der Waals surface area contributed by atoms with Crippen molar-refractivity contribution in [3.05, 3.63) is 63.7 Å². The molecular weight excluding hydrogens is 394 g/mol. The predicted octanol–water partition coefficient (Wildman–Crippen LogP) is 3.53. The lowest BCUT2D eigenvalue weighted by Gasteiger charge is -2.27. The van der Waals surface area contributed by atoms with Gasteiger partial charge in [0.05, 0.1) is 18.6 Å². The number of nitrogens with zero attached hydrogens (tertiary/aromatic N) is 1. The Bertz CT molecular complexity index is 910. The number of ether oxygens (including phenoxy) is 4. The molecule has 9 nitrogen and oxygen atoms in total. The van der Waals surface area contributed by atoms with Crippen LogP contribution in [-0.2, 0) is 19.1 Å². The SMILES string of the molecule is CCOC(=O)[C@H](OC(C)=O)[C@@H](Oc1ccc(C)cc1OC)c1ccc([N+](=O)[O-])cc1. The lowest BCUT2D eigenvalue weighted by atomic mass is 10.0. The number of benzene rings is 2. The van der Waals surface area contributed by atoms with Gasteiger partial charge in [0.25, 0.3) is 5.69 Å². The number of nitro groups is 1. The minimum absolute atomic E-state index is 0.0669. The van der Waals surface area contributed by atoms with Gasteiger partial charge in [-0.2, -0.15) is 0 Å².